The lowest BCUT2D eigenvalue weighted by Gasteiger charge is -2.16. The van der Waals surface area contributed by atoms with Gasteiger partial charge in [0.2, 0.25) is 0 Å². The lowest BCUT2D eigenvalue weighted by molar-refractivity contribution is 0.512. The molecule has 1 unspecified atom stereocenters. The van der Waals surface area contributed by atoms with E-state index in [1.165, 1.54) is 0 Å². The largest absolute Gasteiger partial charge is 0.336 e. The van der Waals surface area contributed by atoms with Gasteiger partial charge in [-0.2, -0.15) is 5.10 Å². The van der Waals surface area contributed by atoms with Gasteiger partial charge in [0.1, 0.15) is 12.2 Å². The first-order valence-electron chi connectivity index (χ1n) is 5.76. The second kappa shape index (κ2) is 5.09. The average Bonchev–Trinajstić information content (AvgIpc) is 2.94. The Morgan fingerprint density at radius 2 is 2.29 bits per heavy atom. The minimum Gasteiger partial charge on any atom is -0.336 e. The molecule has 0 fully saturated rings. The fourth-order valence-corrected chi connectivity index (χ4v) is 1.95. The van der Waals surface area contributed by atoms with E-state index in [9.17, 15) is 0 Å². The summed E-state index contributed by atoms with van der Waals surface area (Å²) in [5.41, 5.74) is 1.15. The fraction of sp³-hybridized carbons (Fsp3) is 0.545. The number of nitrogens with zero attached hydrogens (tertiary/aromatic N) is 5. The van der Waals surface area contributed by atoms with Crippen LogP contribution in [0.3, 0.4) is 0 Å². The van der Waals surface area contributed by atoms with Crippen LogP contribution in [0.15, 0.2) is 18.9 Å². The molecule has 0 aliphatic heterocycles. The highest BCUT2D eigenvalue weighted by atomic mass is 15.3. The van der Waals surface area contributed by atoms with Crippen molar-refractivity contribution in [2.24, 2.45) is 7.05 Å². The zero-order chi connectivity index (χ0) is 12.3. The molecular weight excluding hydrogens is 216 g/mol. The summed E-state index contributed by atoms with van der Waals surface area (Å²) in [5, 5.41) is 7.47. The van der Waals surface area contributed by atoms with Crippen LogP contribution in [0.5, 0.6) is 0 Å². The monoisotopic (exact) mass is 234 g/mol. The summed E-state index contributed by atoms with van der Waals surface area (Å²) in [4.78, 5) is 8.44. The Bertz CT molecular complexity index is 472. The minimum atomic E-state index is 0.206. The predicted molar refractivity (Wildman–Crippen MR) is 64.4 cm³/mol. The molecule has 1 atom stereocenters. The molecule has 2 rings (SSSR count). The van der Waals surface area contributed by atoms with Gasteiger partial charge in [0.15, 0.2) is 0 Å². The van der Waals surface area contributed by atoms with E-state index >= 15 is 0 Å². The van der Waals surface area contributed by atoms with Crippen molar-refractivity contribution in [2.75, 3.05) is 7.05 Å². The molecule has 0 aromatic carbocycles. The first-order valence-corrected chi connectivity index (χ1v) is 5.76. The van der Waals surface area contributed by atoms with Crippen molar-refractivity contribution in [3.8, 4) is 0 Å². The molecule has 6 nitrogen and oxygen atoms in total. The Morgan fingerprint density at radius 1 is 1.47 bits per heavy atom. The van der Waals surface area contributed by atoms with Gasteiger partial charge >= 0.3 is 0 Å². The maximum Gasteiger partial charge on any atom is 0.138 e. The number of aryl methyl sites for hydroxylation is 2. The van der Waals surface area contributed by atoms with Crippen LogP contribution in [0.4, 0.5) is 0 Å². The van der Waals surface area contributed by atoms with E-state index in [0.29, 0.717) is 0 Å². The van der Waals surface area contributed by atoms with Crippen LogP contribution >= 0.6 is 0 Å². The molecule has 0 saturated heterocycles. The molecule has 92 valence electrons. The lowest BCUT2D eigenvalue weighted by atomic mass is 10.1. The molecule has 2 aromatic heterocycles. The third-order valence-corrected chi connectivity index (χ3v) is 2.94. The van der Waals surface area contributed by atoms with Gasteiger partial charge < -0.3 is 9.88 Å². The van der Waals surface area contributed by atoms with Gasteiger partial charge in [-0.05, 0) is 14.0 Å². The summed E-state index contributed by atoms with van der Waals surface area (Å²) in [6.45, 7) is 2.91. The highest BCUT2D eigenvalue weighted by molar-refractivity contribution is 5.07. The third kappa shape index (κ3) is 2.36. The molecule has 0 bridgehead atoms. The smallest absolute Gasteiger partial charge is 0.138 e. The van der Waals surface area contributed by atoms with Crippen LogP contribution in [-0.2, 0) is 20.0 Å². The Kier molecular flexibility index (Phi) is 3.53. The molecule has 0 radical (unpaired) electrons. The summed E-state index contributed by atoms with van der Waals surface area (Å²) in [5.74, 6) is 0.994. The third-order valence-electron chi connectivity index (χ3n) is 2.94. The van der Waals surface area contributed by atoms with Crippen LogP contribution < -0.4 is 5.32 Å². The van der Waals surface area contributed by atoms with Crippen molar-refractivity contribution in [3.63, 3.8) is 0 Å². The first kappa shape index (κ1) is 11.8. The first-order chi connectivity index (χ1) is 8.26. The van der Waals surface area contributed by atoms with Crippen LogP contribution in [0, 0.1) is 0 Å². The zero-order valence-corrected chi connectivity index (χ0v) is 10.5. The standard InChI is InChI=1S/C11H18N6/c1-4-17-11(14-7-15-17)5-9(12-2)10-6-13-8-16(10)3/h6-9,12H,4-5H2,1-3H3. The summed E-state index contributed by atoms with van der Waals surface area (Å²) < 4.78 is 3.94. The topological polar surface area (TPSA) is 60.6 Å². The van der Waals surface area contributed by atoms with Gasteiger partial charge in [-0.1, -0.05) is 0 Å². The SMILES string of the molecule is CCn1ncnc1CC(NC)c1cncn1C. The summed E-state index contributed by atoms with van der Waals surface area (Å²) >= 11 is 0. The summed E-state index contributed by atoms with van der Waals surface area (Å²) in [6.07, 6.45) is 6.11. The van der Waals surface area contributed by atoms with E-state index in [-0.39, 0.29) is 6.04 Å². The number of imidazole rings is 1. The van der Waals surface area contributed by atoms with Crippen LogP contribution in [0.1, 0.15) is 24.5 Å². The molecule has 17 heavy (non-hydrogen) atoms. The van der Waals surface area contributed by atoms with E-state index in [4.69, 9.17) is 0 Å². The second-order valence-corrected chi connectivity index (χ2v) is 3.97. The van der Waals surface area contributed by atoms with Crippen molar-refractivity contribution < 1.29 is 0 Å². The predicted octanol–water partition coefficient (Wildman–Crippen LogP) is 0.535. The molecule has 0 aliphatic rings. The summed E-state index contributed by atoms with van der Waals surface area (Å²) in [7, 11) is 3.95. The molecule has 1 N–H and O–H groups in total. The Hall–Kier alpha value is -1.69. The Balaban J connectivity index is 2.19. The minimum absolute atomic E-state index is 0.206. The maximum absolute atomic E-state index is 4.30. The Labute approximate surface area is 101 Å². The zero-order valence-electron chi connectivity index (χ0n) is 10.5. The van der Waals surface area contributed by atoms with Gasteiger partial charge in [0.25, 0.3) is 0 Å². The molecule has 0 aliphatic carbocycles. The van der Waals surface area contributed by atoms with Crippen molar-refractivity contribution in [1.82, 2.24) is 29.6 Å². The molecule has 6 heteroatoms. The number of aromatic nitrogens is 5. The summed E-state index contributed by atoms with van der Waals surface area (Å²) in [6, 6.07) is 0.206. The van der Waals surface area contributed by atoms with Crippen LogP contribution in [-0.4, -0.2) is 31.4 Å². The lowest BCUT2D eigenvalue weighted by Crippen LogP contribution is -2.23. The normalized spacial score (nSPS) is 12.9. The number of nitrogens with one attached hydrogen (secondary N) is 1. The second-order valence-electron chi connectivity index (χ2n) is 3.97. The van der Waals surface area contributed by atoms with E-state index in [1.54, 1.807) is 6.33 Å². The maximum atomic E-state index is 4.30. The van der Waals surface area contributed by atoms with E-state index < -0.39 is 0 Å². The quantitative estimate of drug-likeness (QED) is 0.820. The number of likely N-dealkylation sites (N-methyl/N-ethyl adjacent to an activating group) is 1. The van der Waals surface area contributed by atoms with Crippen molar-refractivity contribution in [3.05, 3.63) is 30.4 Å². The number of hydrogen-bond acceptors (Lipinski definition) is 4. The average molecular weight is 234 g/mol. The molecule has 2 aromatic rings. The van der Waals surface area contributed by atoms with Crippen LogP contribution in [0.25, 0.3) is 0 Å². The van der Waals surface area contributed by atoms with Crippen molar-refractivity contribution in [1.29, 1.82) is 0 Å². The highest BCUT2D eigenvalue weighted by Gasteiger charge is 2.16. The molecule has 0 saturated carbocycles. The van der Waals surface area contributed by atoms with E-state index in [0.717, 1.165) is 24.5 Å². The fourth-order valence-electron chi connectivity index (χ4n) is 1.95. The van der Waals surface area contributed by atoms with Crippen LogP contribution in [0.2, 0.25) is 0 Å². The molecular formula is C11H18N6. The van der Waals surface area contributed by atoms with Gasteiger partial charge in [-0.3, -0.25) is 4.68 Å². The molecule has 0 amide bonds. The van der Waals surface area contributed by atoms with Crippen molar-refractivity contribution in [2.45, 2.75) is 25.9 Å². The van der Waals surface area contributed by atoms with Gasteiger partial charge in [0, 0.05) is 26.2 Å². The Morgan fingerprint density at radius 3 is 2.88 bits per heavy atom. The van der Waals surface area contributed by atoms with Gasteiger partial charge in [-0.25, -0.2) is 9.97 Å². The van der Waals surface area contributed by atoms with E-state index in [1.807, 2.05) is 35.9 Å². The van der Waals surface area contributed by atoms with Crippen molar-refractivity contribution >= 4 is 0 Å². The van der Waals surface area contributed by atoms with Gasteiger partial charge in [-0.15, -0.1) is 0 Å². The van der Waals surface area contributed by atoms with Gasteiger partial charge in [0.05, 0.1) is 18.1 Å². The highest BCUT2D eigenvalue weighted by Crippen LogP contribution is 2.15. The molecule has 0 spiro atoms. The number of hydrogen-bond donors (Lipinski definition) is 1. The van der Waals surface area contributed by atoms with E-state index in [2.05, 4.69) is 27.3 Å². The number of rotatable bonds is 5. The molecule has 2 heterocycles.